The Morgan fingerprint density at radius 3 is 2.32 bits per heavy atom. The van der Waals surface area contributed by atoms with Gasteiger partial charge in [-0.2, -0.15) is 0 Å². The van der Waals surface area contributed by atoms with Crippen LogP contribution in [0.3, 0.4) is 0 Å². The number of aromatic nitrogens is 2. The number of anilines is 1. The Kier molecular flexibility index (Phi) is 4.80. The number of nitrogens with one attached hydrogen (secondary N) is 2. The molecule has 3 N–H and O–H groups in total. The summed E-state index contributed by atoms with van der Waals surface area (Å²) in [6.45, 7) is 0. The summed E-state index contributed by atoms with van der Waals surface area (Å²) in [4.78, 5) is 19.9. The van der Waals surface area contributed by atoms with Crippen LogP contribution in [0.1, 0.15) is 11.3 Å². The predicted molar refractivity (Wildman–Crippen MR) is 95.7 cm³/mol. The highest BCUT2D eigenvalue weighted by atomic mass is 16.4. The third-order valence-electron chi connectivity index (χ3n) is 3.59. The number of nitrogens with zero attached hydrogens (tertiary/aromatic N) is 2. The molecule has 0 fully saturated rings. The molecule has 124 valence electrons. The Labute approximate surface area is 144 Å². The van der Waals surface area contributed by atoms with Gasteiger partial charge in [-0.1, -0.05) is 60.7 Å². The smallest absolute Gasteiger partial charge is 0.371 e. The summed E-state index contributed by atoms with van der Waals surface area (Å²) in [7, 11) is 0. The first-order chi connectivity index (χ1) is 12.1. The molecule has 0 aliphatic carbocycles. The minimum Gasteiger partial charge on any atom is -0.475 e. The number of benzene rings is 2. The Hall–Kier alpha value is -3.54. The first-order valence-electron chi connectivity index (χ1n) is 7.67. The minimum absolute atomic E-state index is 0.274. The monoisotopic (exact) mass is 332 g/mol. The second-order valence-corrected chi connectivity index (χ2v) is 5.38. The Morgan fingerprint density at radius 2 is 1.68 bits per heavy atom. The third kappa shape index (κ3) is 4.06. The van der Waals surface area contributed by atoms with Crippen molar-refractivity contribution in [2.45, 2.75) is 6.42 Å². The summed E-state index contributed by atoms with van der Waals surface area (Å²) in [5.41, 5.74) is 3.22. The Balaban J connectivity index is 1.99. The largest absolute Gasteiger partial charge is 0.475 e. The van der Waals surface area contributed by atoms with Gasteiger partial charge in [0.2, 0.25) is 5.84 Å². The van der Waals surface area contributed by atoms with Gasteiger partial charge in [-0.25, -0.2) is 14.8 Å². The molecular weight excluding hydrogens is 316 g/mol. The molecule has 0 saturated carbocycles. The number of carbonyl (C=O) groups is 1. The molecule has 1 aromatic heterocycles. The molecule has 0 unspecified atom stereocenters. The fraction of sp³-hybridized carbons (Fsp3) is 0.0526. The van der Waals surface area contributed by atoms with Gasteiger partial charge in [0.1, 0.15) is 0 Å². The molecule has 0 spiro atoms. The first kappa shape index (κ1) is 16.3. The van der Waals surface area contributed by atoms with Crippen molar-refractivity contribution in [3.05, 3.63) is 78.1 Å². The Bertz CT molecular complexity index is 896. The molecule has 6 nitrogen and oxygen atoms in total. The molecular formula is C19H16N4O2. The molecule has 1 heterocycles. The van der Waals surface area contributed by atoms with Gasteiger partial charge in [0, 0.05) is 12.0 Å². The molecule has 0 saturated heterocycles. The van der Waals surface area contributed by atoms with E-state index in [0.717, 1.165) is 11.1 Å². The van der Waals surface area contributed by atoms with Gasteiger partial charge in [-0.05, 0) is 5.56 Å². The van der Waals surface area contributed by atoms with E-state index in [1.807, 2.05) is 60.7 Å². The summed E-state index contributed by atoms with van der Waals surface area (Å²) in [6.07, 6.45) is 2.05. The fourth-order valence-corrected chi connectivity index (χ4v) is 2.36. The molecule has 0 aliphatic heterocycles. The SMILES string of the molecule is N=C(Nc1ncc(-c2ccccc2)nc1Cc1ccccc1)C(=O)O. The fourth-order valence-electron chi connectivity index (χ4n) is 2.36. The van der Waals surface area contributed by atoms with E-state index < -0.39 is 11.8 Å². The highest BCUT2D eigenvalue weighted by molar-refractivity contribution is 6.37. The van der Waals surface area contributed by atoms with Gasteiger partial charge >= 0.3 is 5.97 Å². The zero-order valence-electron chi connectivity index (χ0n) is 13.3. The Morgan fingerprint density at radius 1 is 1.04 bits per heavy atom. The lowest BCUT2D eigenvalue weighted by atomic mass is 10.1. The maximum Gasteiger partial charge on any atom is 0.371 e. The second-order valence-electron chi connectivity index (χ2n) is 5.38. The van der Waals surface area contributed by atoms with Crippen molar-refractivity contribution in [1.82, 2.24) is 9.97 Å². The van der Waals surface area contributed by atoms with Crippen LogP contribution in [0, 0.1) is 5.41 Å². The zero-order chi connectivity index (χ0) is 17.6. The quantitative estimate of drug-likeness (QED) is 0.503. The van der Waals surface area contributed by atoms with Crippen molar-refractivity contribution in [3.8, 4) is 11.3 Å². The summed E-state index contributed by atoms with van der Waals surface area (Å²) in [5.74, 6) is -1.72. The van der Waals surface area contributed by atoms with Gasteiger partial charge < -0.3 is 10.4 Å². The van der Waals surface area contributed by atoms with E-state index in [4.69, 9.17) is 10.5 Å². The molecule has 3 aromatic rings. The molecule has 0 radical (unpaired) electrons. The van der Waals surface area contributed by atoms with Crippen molar-refractivity contribution >= 4 is 17.6 Å². The van der Waals surface area contributed by atoms with Crippen LogP contribution in [0.25, 0.3) is 11.3 Å². The van der Waals surface area contributed by atoms with Crippen molar-refractivity contribution in [2.24, 2.45) is 0 Å². The second kappa shape index (κ2) is 7.35. The summed E-state index contributed by atoms with van der Waals surface area (Å²) in [5, 5.41) is 18.9. The highest BCUT2D eigenvalue weighted by Gasteiger charge is 2.14. The molecule has 0 amide bonds. The number of aliphatic carboxylic acids is 1. The molecule has 3 rings (SSSR count). The topological polar surface area (TPSA) is 99.0 Å². The molecule has 2 aromatic carbocycles. The van der Waals surface area contributed by atoms with Crippen LogP contribution < -0.4 is 5.32 Å². The van der Waals surface area contributed by atoms with E-state index in [9.17, 15) is 4.79 Å². The maximum absolute atomic E-state index is 10.9. The van der Waals surface area contributed by atoms with Gasteiger partial charge in [0.05, 0.1) is 17.6 Å². The van der Waals surface area contributed by atoms with Crippen LogP contribution in [-0.4, -0.2) is 26.9 Å². The van der Waals surface area contributed by atoms with Gasteiger partial charge in [0.25, 0.3) is 0 Å². The standard InChI is InChI=1S/C19H16N4O2/c20-17(19(24)25)23-18-15(11-13-7-3-1-4-8-13)22-16(12-21-18)14-9-5-2-6-10-14/h1-10,12H,11H2,(H,24,25)(H2,20,21,23). The molecule has 0 bridgehead atoms. The molecule has 25 heavy (non-hydrogen) atoms. The van der Waals surface area contributed by atoms with Crippen LogP contribution in [-0.2, 0) is 11.2 Å². The minimum atomic E-state index is -1.35. The van der Waals surface area contributed by atoms with Crippen LogP contribution in [0.5, 0.6) is 0 Å². The van der Waals surface area contributed by atoms with E-state index in [1.54, 1.807) is 6.20 Å². The van der Waals surface area contributed by atoms with Gasteiger partial charge in [-0.3, -0.25) is 5.41 Å². The van der Waals surface area contributed by atoms with Crippen LogP contribution in [0.15, 0.2) is 66.9 Å². The maximum atomic E-state index is 10.9. The first-order valence-corrected chi connectivity index (χ1v) is 7.67. The van der Waals surface area contributed by atoms with Crippen molar-refractivity contribution in [3.63, 3.8) is 0 Å². The van der Waals surface area contributed by atoms with Crippen molar-refractivity contribution in [1.29, 1.82) is 5.41 Å². The van der Waals surface area contributed by atoms with E-state index in [0.29, 0.717) is 17.8 Å². The van der Waals surface area contributed by atoms with Gasteiger partial charge in [-0.15, -0.1) is 0 Å². The molecule has 0 atom stereocenters. The normalized spacial score (nSPS) is 10.2. The van der Waals surface area contributed by atoms with Gasteiger partial charge in [0.15, 0.2) is 5.82 Å². The number of carboxylic acids is 1. The average Bonchev–Trinajstić information content (AvgIpc) is 2.64. The summed E-state index contributed by atoms with van der Waals surface area (Å²) in [6, 6.07) is 19.3. The van der Waals surface area contributed by atoms with E-state index >= 15 is 0 Å². The molecule has 6 heteroatoms. The van der Waals surface area contributed by atoms with E-state index in [1.165, 1.54) is 0 Å². The summed E-state index contributed by atoms with van der Waals surface area (Å²) >= 11 is 0. The number of hydrogen-bond donors (Lipinski definition) is 3. The van der Waals surface area contributed by atoms with Crippen LogP contribution in [0.2, 0.25) is 0 Å². The van der Waals surface area contributed by atoms with E-state index in [2.05, 4.69) is 15.3 Å². The van der Waals surface area contributed by atoms with Crippen LogP contribution in [0.4, 0.5) is 5.82 Å². The number of hydrogen-bond acceptors (Lipinski definition) is 4. The van der Waals surface area contributed by atoms with Crippen LogP contribution >= 0.6 is 0 Å². The van der Waals surface area contributed by atoms with Crippen molar-refractivity contribution < 1.29 is 9.90 Å². The summed E-state index contributed by atoms with van der Waals surface area (Å²) < 4.78 is 0. The van der Waals surface area contributed by atoms with Crippen molar-refractivity contribution in [2.75, 3.05) is 5.32 Å². The predicted octanol–water partition coefficient (Wildman–Crippen LogP) is 3.21. The third-order valence-corrected chi connectivity index (χ3v) is 3.59. The van der Waals surface area contributed by atoms with E-state index in [-0.39, 0.29) is 5.82 Å². The number of carboxylic acid groups (broad SMARTS) is 1. The molecule has 0 aliphatic rings. The number of rotatable bonds is 4. The zero-order valence-corrected chi connectivity index (χ0v) is 13.3. The average molecular weight is 332 g/mol. The number of amidine groups is 1. The lowest BCUT2D eigenvalue weighted by molar-refractivity contribution is -0.129. The highest BCUT2D eigenvalue weighted by Crippen LogP contribution is 2.21. The lowest BCUT2D eigenvalue weighted by Crippen LogP contribution is -2.23. The lowest BCUT2D eigenvalue weighted by Gasteiger charge is -2.11.